The molecule has 47 heavy (non-hydrogen) atoms. The van der Waals surface area contributed by atoms with Crippen LogP contribution in [0, 0.1) is 17.8 Å². The number of rotatable bonds is 20. The van der Waals surface area contributed by atoms with Gasteiger partial charge in [0.2, 0.25) is 0 Å². The summed E-state index contributed by atoms with van der Waals surface area (Å²) < 4.78 is 19.7. The van der Waals surface area contributed by atoms with Gasteiger partial charge in [-0.1, -0.05) is 0 Å². The van der Waals surface area contributed by atoms with Gasteiger partial charge in [0.25, 0.3) is 0 Å². The monoisotopic (exact) mass is 796 g/mol. The second-order valence-electron chi connectivity index (χ2n) is 18.4. The van der Waals surface area contributed by atoms with Crippen molar-refractivity contribution in [2.75, 3.05) is 6.61 Å². The van der Waals surface area contributed by atoms with E-state index in [0.29, 0.717) is 5.78 Å². The standard InChI is InChI=1S/C29H53O3Si2.3C4H9.Sn/c1-21(2)24-19-22(3)20-26(32-34(13,14)29(8,9)10)27(24)23(4)25(30)17-15-16-18-31-33(11,12)28(5,6)7;3*1-3-4-2;/h17,20,23-24,26-27H,1,16,18-19H2,2-14H3;3*1,3-4H2,2H3;/t23-,24-,26+,27-;;;;/m0..../s1. The molecule has 0 amide bonds. The summed E-state index contributed by atoms with van der Waals surface area (Å²) in [6, 6.07) is 0. The minimum atomic E-state index is -2.90. The van der Waals surface area contributed by atoms with Crippen molar-refractivity contribution in [3.05, 3.63) is 33.5 Å². The van der Waals surface area contributed by atoms with Crippen LogP contribution in [-0.2, 0) is 13.6 Å². The van der Waals surface area contributed by atoms with E-state index in [2.05, 4.69) is 128 Å². The van der Waals surface area contributed by atoms with Gasteiger partial charge in [-0.3, -0.25) is 0 Å². The fourth-order valence-corrected chi connectivity index (χ4v) is 26.1. The molecule has 0 aromatic rings. The van der Waals surface area contributed by atoms with Crippen LogP contribution in [0.5, 0.6) is 0 Å². The first-order valence-electron chi connectivity index (χ1n) is 19.4. The first-order chi connectivity index (χ1) is 21.5. The van der Waals surface area contributed by atoms with Crippen molar-refractivity contribution in [2.24, 2.45) is 17.8 Å². The summed E-state index contributed by atoms with van der Waals surface area (Å²) in [6.45, 7) is 42.2. The van der Waals surface area contributed by atoms with E-state index in [1.54, 1.807) is 3.59 Å². The Morgan fingerprint density at radius 3 is 1.81 bits per heavy atom. The van der Waals surface area contributed by atoms with Crippen molar-refractivity contribution in [3.63, 3.8) is 0 Å². The molecule has 0 bridgehead atoms. The molecule has 1 aliphatic rings. The van der Waals surface area contributed by atoms with Gasteiger partial charge >= 0.3 is 302 Å². The van der Waals surface area contributed by atoms with Crippen LogP contribution in [0.3, 0.4) is 0 Å². The molecule has 6 heteroatoms. The molecule has 0 aromatic carbocycles. The molecule has 0 spiro atoms. The second-order valence-corrected chi connectivity index (χ2v) is 41.4. The maximum absolute atomic E-state index is 14.8. The SMILES string of the molecule is C=C(C)[C@@H]1CC(C)=C[C@@H](O[Si](C)(C)C(C)(C)C)[C@H]1[C@@H](C)C(=O)/C=[C](\CCO[Si](C)(C)C(C)(C)C)[Sn]([CH2]CCC)([CH2]CCC)[CH2]CCC. The molecule has 1 aliphatic carbocycles. The molecule has 0 radical (unpaired) electrons. The van der Waals surface area contributed by atoms with Gasteiger partial charge in [-0.2, -0.15) is 0 Å². The fraction of sp³-hybridized carbons (Fsp3) is 0.829. The molecule has 4 atom stereocenters. The third-order valence-electron chi connectivity index (χ3n) is 12.4. The number of hydrogen-bond donors (Lipinski definition) is 0. The van der Waals surface area contributed by atoms with Crippen molar-refractivity contribution >= 4 is 40.8 Å². The van der Waals surface area contributed by atoms with E-state index in [4.69, 9.17) is 8.85 Å². The fourth-order valence-electron chi connectivity index (χ4n) is 6.95. The maximum atomic E-state index is 14.8. The Morgan fingerprint density at radius 2 is 1.40 bits per heavy atom. The summed E-state index contributed by atoms with van der Waals surface area (Å²) in [6.07, 6.45) is 14.0. The zero-order valence-electron chi connectivity index (χ0n) is 34.4. The molecule has 0 unspecified atom stereocenters. The van der Waals surface area contributed by atoms with E-state index in [-0.39, 0.29) is 33.9 Å². The summed E-state index contributed by atoms with van der Waals surface area (Å²) >= 11 is -2.90. The first kappa shape index (κ1) is 45.1. The van der Waals surface area contributed by atoms with Crippen molar-refractivity contribution in [1.29, 1.82) is 0 Å². The Hall–Kier alpha value is 0.0425. The number of ketones is 1. The quantitative estimate of drug-likeness (QED) is 0.0699. The number of carbonyl (C=O) groups excluding carboxylic acids is 1. The average Bonchev–Trinajstić information content (AvgIpc) is 2.94. The van der Waals surface area contributed by atoms with Crippen LogP contribution in [0.2, 0.25) is 49.6 Å². The van der Waals surface area contributed by atoms with Gasteiger partial charge in [0.05, 0.1) is 0 Å². The second kappa shape index (κ2) is 19.0. The predicted octanol–water partition coefficient (Wildman–Crippen LogP) is 13.5. The third kappa shape index (κ3) is 13.0. The normalized spacial score (nSPS) is 21.1. The predicted molar refractivity (Wildman–Crippen MR) is 217 cm³/mol. The summed E-state index contributed by atoms with van der Waals surface area (Å²) in [4.78, 5) is 14.8. The zero-order valence-corrected chi connectivity index (χ0v) is 39.2. The molecule has 0 fully saturated rings. The molecule has 1 rings (SSSR count). The third-order valence-corrected chi connectivity index (χ3v) is 37.6. The van der Waals surface area contributed by atoms with Crippen LogP contribution in [-0.4, -0.2) is 53.5 Å². The van der Waals surface area contributed by atoms with E-state index >= 15 is 0 Å². The minimum absolute atomic E-state index is 0.0578. The summed E-state index contributed by atoms with van der Waals surface area (Å²) in [5, 5.41) is 0.281. The Morgan fingerprint density at radius 1 is 0.936 bits per heavy atom. The Bertz CT molecular complexity index is 1040. The first-order valence-corrected chi connectivity index (χ1v) is 32.7. The number of unbranched alkanes of at least 4 members (excludes halogenated alkanes) is 3. The molecular weight excluding hydrogens is 715 g/mol. The van der Waals surface area contributed by atoms with E-state index in [0.717, 1.165) is 19.4 Å². The van der Waals surface area contributed by atoms with E-state index in [1.165, 1.54) is 63.0 Å². The number of allylic oxidation sites excluding steroid dienone is 3. The van der Waals surface area contributed by atoms with Gasteiger partial charge in [0, 0.05) is 0 Å². The van der Waals surface area contributed by atoms with Crippen molar-refractivity contribution in [1.82, 2.24) is 0 Å². The molecule has 0 saturated heterocycles. The van der Waals surface area contributed by atoms with Gasteiger partial charge < -0.3 is 0 Å². The van der Waals surface area contributed by atoms with Gasteiger partial charge in [-0.05, 0) is 0 Å². The van der Waals surface area contributed by atoms with Crippen LogP contribution in [0.1, 0.15) is 134 Å². The Kier molecular flexibility index (Phi) is 18.3. The van der Waals surface area contributed by atoms with E-state index in [9.17, 15) is 4.79 Å². The van der Waals surface area contributed by atoms with Crippen LogP contribution in [0.4, 0.5) is 0 Å². The summed E-state index contributed by atoms with van der Waals surface area (Å²) in [5.41, 5.74) is 2.55. The molecular formula is C41H80O3Si2Sn. The summed E-state index contributed by atoms with van der Waals surface area (Å²) in [5.74, 6) is 0.553. The number of hydrogen-bond acceptors (Lipinski definition) is 3. The van der Waals surface area contributed by atoms with Gasteiger partial charge in [-0.25, -0.2) is 0 Å². The molecule has 274 valence electrons. The molecule has 0 saturated carbocycles. The summed E-state index contributed by atoms with van der Waals surface area (Å²) in [7, 11) is -3.96. The van der Waals surface area contributed by atoms with Crippen LogP contribution >= 0.6 is 0 Å². The molecule has 3 nitrogen and oxygen atoms in total. The van der Waals surface area contributed by atoms with Crippen molar-refractivity contribution in [3.8, 4) is 0 Å². The topological polar surface area (TPSA) is 35.5 Å². The molecule has 0 heterocycles. The molecule has 0 N–H and O–H groups in total. The van der Waals surface area contributed by atoms with Gasteiger partial charge in [-0.15, -0.1) is 0 Å². The average molecular weight is 796 g/mol. The Labute approximate surface area is 300 Å². The molecule has 0 aliphatic heterocycles. The van der Waals surface area contributed by atoms with Crippen LogP contribution in [0.15, 0.2) is 33.5 Å². The van der Waals surface area contributed by atoms with Gasteiger partial charge in [0.1, 0.15) is 0 Å². The molecule has 0 aromatic heterocycles. The van der Waals surface area contributed by atoms with Crippen LogP contribution in [0.25, 0.3) is 0 Å². The number of carbonyl (C=O) groups is 1. The van der Waals surface area contributed by atoms with E-state index in [1.807, 2.05) is 0 Å². The van der Waals surface area contributed by atoms with Gasteiger partial charge in [0.15, 0.2) is 0 Å². The van der Waals surface area contributed by atoms with Crippen molar-refractivity contribution in [2.45, 2.75) is 190 Å². The Balaban J connectivity index is 3.78. The zero-order chi connectivity index (χ0) is 36.4. The van der Waals surface area contributed by atoms with Crippen molar-refractivity contribution < 1.29 is 13.6 Å². The van der Waals surface area contributed by atoms with Crippen LogP contribution < -0.4 is 0 Å². The van der Waals surface area contributed by atoms with E-state index < -0.39 is 35.0 Å².